The molecule has 134 valence electrons. The van der Waals surface area contributed by atoms with Gasteiger partial charge in [0.1, 0.15) is 0 Å². The molecule has 0 aromatic carbocycles. The third kappa shape index (κ3) is 4.25. The van der Waals surface area contributed by atoms with Crippen LogP contribution in [0.5, 0.6) is 0 Å². The quantitative estimate of drug-likeness (QED) is 0.638. The van der Waals surface area contributed by atoms with Gasteiger partial charge in [-0.15, -0.1) is 0 Å². The first-order valence-electron chi connectivity index (χ1n) is 6.06. The zero-order chi connectivity index (χ0) is 18.0. The van der Waals surface area contributed by atoms with Crippen molar-refractivity contribution in [3.63, 3.8) is 0 Å². The van der Waals surface area contributed by atoms with Crippen molar-refractivity contribution in [3.05, 3.63) is 0 Å². The van der Waals surface area contributed by atoms with Crippen molar-refractivity contribution in [2.45, 2.75) is 56.6 Å². The molecule has 0 saturated heterocycles. The lowest BCUT2D eigenvalue weighted by atomic mass is 10.1. The van der Waals surface area contributed by atoms with E-state index < -0.39 is 53.7 Å². The van der Waals surface area contributed by atoms with Crippen molar-refractivity contribution >= 4 is 20.0 Å². The Morgan fingerprint density at radius 3 is 1.23 bits per heavy atom. The van der Waals surface area contributed by atoms with Gasteiger partial charge < -0.3 is 0 Å². The highest BCUT2D eigenvalue weighted by Gasteiger charge is 2.63. The van der Waals surface area contributed by atoms with Gasteiger partial charge in [-0.25, -0.2) is 16.8 Å². The maximum atomic E-state index is 12.6. The molecule has 0 bridgehead atoms. The molecule has 5 nitrogen and oxygen atoms in total. The molecule has 22 heavy (non-hydrogen) atoms. The Bertz CT molecular complexity index is 516. The average molecular weight is 379 g/mol. The van der Waals surface area contributed by atoms with Crippen molar-refractivity contribution in [1.82, 2.24) is 3.71 Å². The summed E-state index contributed by atoms with van der Waals surface area (Å²) in [5.41, 5.74) is -12.3. The number of halogens is 6. The summed E-state index contributed by atoms with van der Waals surface area (Å²) in [4.78, 5) is 0. The van der Waals surface area contributed by atoms with E-state index in [-0.39, 0.29) is 12.8 Å². The Balaban J connectivity index is 6.36. The van der Waals surface area contributed by atoms with Gasteiger partial charge >= 0.3 is 31.1 Å². The van der Waals surface area contributed by atoms with Crippen LogP contribution in [0, 0.1) is 0 Å². The molecule has 0 unspecified atom stereocenters. The molecule has 0 rings (SSSR count). The van der Waals surface area contributed by atoms with E-state index in [2.05, 4.69) is 0 Å². The van der Waals surface area contributed by atoms with Gasteiger partial charge in [0.25, 0.3) is 0 Å². The summed E-state index contributed by atoms with van der Waals surface area (Å²) in [6.45, 7) is 2.75. The fourth-order valence-corrected chi connectivity index (χ4v) is 4.90. The molecule has 0 aliphatic rings. The highest BCUT2D eigenvalue weighted by atomic mass is 32.3. The third-order valence-electron chi connectivity index (χ3n) is 2.60. The van der Waals surface area contributed by atoms with Gasteiger partial charge in [0.05, 0.1) is 0 Å². The molecular formula is C9H15F6NO4S2. The third-order valence-corrected chi connectivity index (χ3v) is 6.49. The van der Waals surface area contributed by atoms with Crippen molar-refractivity contribution in [2.75, 3.05) is 0 Å². The van der Waals surface area contributed by atoms with E-state index >= 15 is 0 Å². The SMILES string of the molecule is CCCC(CCC)N(S(=O)(=O)C(F)(F)F)S(=O)(=O)C(F)(F)F. The minimum Gasteiger partial charge on any atom is -0.202 e. The molecule has 0 heterocycles. The molecule has 0 spiro atoms. The van der Waals surface area contributed by atoms with Crippen LogP contribution in [0.25, 0.3) is 0 Å². The maximum absolute atomic E-state index is 12.6. The first kappa shape index (κ1) is 21.4. The zero-order valence-corrected chi connectivity index (χ0v) is 13.2. The Morgan fingerprint density at radius 1 is 0.773 bits per heavy atom. The lowest BCUT2D eigenvalue weighted by Crippen LogP contribution is -2.53. The monoisotopic (exact) mass is 379 g/mol. The lowest BCUT2D eigenvalue weighted by molar-refractivity contribution is -0.0547. The summed E-state index contributed by atoms with van der Waals surface area (Å²) in [7, 11) is -13.4. The number of rotatable bonds is 7. The van der Waals surface area contributed by atoms with Crippen LogP contribution in [0.3, 0.4) is 0 Å². The summed E-state index contributed by atoms with van der Waals surface area (Å²) in [5.74, 6) is 0. The van der Waals surface area contributed by atoms with E-state index in [1.807, 2.05) is 0 Å². The van der Waals surface area contributed by atoms with Gasteiger partial charge in [-0.1, -0.05) is 30.4 Å². The molecule has 13 heteroatoms. The van der Waals surface area contributed by atoms with Crippen molar-refractivity contribution in [3.8, 4) is 0 Å². The van der Waals surface area contributed by atoms with Gasteiger partial charge in [-0.05, 0) is 12.8 Å². The first-order valence-corrected chi connectivity index (χ1v) is 8.94. The highest BCUT2D eigenvalue weighted by molar-refractivity contribution is 8.04. The standard InChI is InChI=1S/C9H15F6NO4S2/c1-3-5-7(6-4-2)16(21(17,18)8(10,11)12)22(19,20)9(13,14)15/h7H,3-6H2,1-2H3. The van der Waals surface area contributed by atoms with Gasteiger partial charge in [0.2, 0.25) is 0 Å². The molecule has 0 aromatic rings. The smallest absolute Gasteiger partial charge is 0.202 e. The van der Waals surface area contributed by atoms with E-state index in [4.69, 9.17) is 0 Å². The van der Waals surface area contributed by atoms with Crippen LogP contribution in [-0.2, 0) is 20.0 Å². The van der Waals surface area contributed by atoms with Crippen LogP contribution in [0.2, 0.25) is 0 Å². The number of nitrogens with zero attached hydrogens (tertiary/aromatic N) is 1. The minimum absolute atomic E-state index is 0.00191. The summed E-state index contributed by atoms with van der Waals surface area (Å²) in [6.07, 6.45) is -0.916. The topological polar surface area (TPSA) is 71.5 Å². The Labute approximate surface area is 124 Å². The van der Waals surface area contributed by atoms with Crippen LogP contribution < -0.4 is 0 Å². The second-order valence-electron chi connectivity index (χ2n) is 4.36. The van der Waals surface area contributed by atoms with Crippen LogP contribution in [0.4, 0.5) is 26.3 Å². The number of hydrogen-bond donors (Lipinski definition) is 0. The van der Waals surface area contributed by atoms with Crippen LogP contribution in [0.1, 0.15) is 39.5 Å². The van der Waals surface area contributed by atoms with Crippen molar-refractivity contribution in [1.29, 1.82) is 0 Å². The maximum Gasteiger partial charge on any atom is 0.512 e. The van der Waals surface area contributed by atoms with Gasteiger partial charge in [-0.2, -0.15) is 26.3 Å². The van der Waals surface area contributed by atoms with E-state index in [1.54, 1.807) is 0 Å². The van der Waals surface area contributed by atoms with Gasteiger partial charge in [0, 0.05) is 6.04 Å². The summed E-state index contributed by atoms with van der Waals surface area (Å²) >= 11 is 0. The first-order chi connectivity index (χ1) is 9.64. The van der Waals surface area contributed by atoms with E-state index in [0.29, 0.717) is 0 Å². The predicted molar refractivity (Wildman–Crippen MR) is 65.4 cm³/mol. The highest BCUT2D eigenvalue weighted by Crippen LogP contribution is 2.38. The lowest BCUT2D eigenvalue weighted by Gasteiger charge is -2.30. The normalized spacial score (nSPS) is 14.8. The van der Waals surface area contributed by atoms with E-state index in [1.165, 1.54) is 13.8 Å². The van der Waals surface area contributed by atoms with Gasteiger partial charge in [0.15, 0.2) is 0 Å². The van der Waals surface area contributed by atoms with Crippen LogP contribution in [0.15, 0.2) is 0 Å². The van der Waals surface area contributed by atoms with Gasteiger partial charge in [-0.3, -0.25) is 0 Å². The fraction of sp³-hybridized carbons (Fsp3) is 1.00. The zero-order valence-electron chi connectivity index (χ0n) is 11.6. The number of sulfonamides is 2. The molecule has 0 atom stereocenters. The number of alkyl halides is 6. The molecule has 0 radical (unpaired) electrons. The fourth-order valence-electron chi connectivity index (χ4n) is 1.75. The Hall–Kier alpha value is -0.560. The molecule has 0 saturated carbocycles. The summed E-state index contributed by atoms with van der Waals surface area (Å²) < 4.78 is 119. The molecule has 0 aromatic heterocycles. The summed E-state index contributed by atoms with van der Waals surface area (Å²) in [6, 6.07) is -1.95. The molecule has 0 fully saturated rings. The predicted octanol–water partition coefficient (Wildman–Crippen LogP) is 2.96. The minimum atomic E-state index is -6.70. The van der Waals surface area contributed by atoms with E-state index in [9.17, 15) is 43.2 Å². The largest absolute Gasteiger partial charge is 0.512 e. The molecule has 0 aliphatic carbocycles. The van der Waals surface area contributed by atoms with Crippen molar-refractivity contribution < 1.29 is 43.2 Å². The number of hydrogen-bond acceptors (Lipinski definition) is 4. The summed E-state index contributed by atoms with van der Waals surface area (Å²) in [5, 5.41) is 0. The molecule has 0 amide bonds. The molecule has 0 N–H and O–H groups in total. The second-order valence-corrected chi connectivity index (χ2v) is 8.20. The van der Waals surface area contributed by atoms with Crippen LogP contribution in [-0.4, -0.2) is 37.6 Å². The van der Waals surface area contributed by atoms with Crippen molar-refractivity contribution in [2.24, 2.45) is 0 Å². The van der Waals surface area contributed by atoms with E-state index in [0.717, 1.165) is 0 Å². The Morgan fingerprint density at radius 2 is 1.05 bits per heavy atom. The average Bonchev–Trinajstić information content (AvgIpc) is 2.25. The Kier molecular flexibility index (Phi) is 6.73. The second kappa shape index (κ2) is 6.91. The molecular weight excluding hydrogens is 364 g/mol. The van der Waals surface area contributed by atoms with Crippen LogP contribution >= 0.6 is 0 Å². The molecule has 0 aliphatic heterocycles.